The average molecular weight is 392 g/mol. The van der Waals surface area contributed by atoms with Crippen molar-refractivity contribution in [3.8, 4) is 0 Å². The minimum absolute atomic E-state index is 0.113. The van der Waals surface area contributed by atoms with Crippen molar-refractivity contribution < 1.29 is 14.3 Å². The van der Waals surface area contributed by atoms with E-state index in [1.54, 1.807) is 12.1 Å². The van der Waals surface area contributed by atoms with Crippen molar-refractivity contribution in [1.82, 2.24) is 10.2 Å². The Balaban J connectivity index is 1.48. The van der Waals surface area contributed by atoms with Crippen LogP contribution in [0.25, 0.3) is 0 Å². The van der Waals surface area contributed by atoms with Crippen molar-refractivity contribution in [2.24, 2.45) is 5.92 Å². The summed E-state index contributed by atoms with van der Waals surface area (Å²) in [5.41, 5.74) is 1.55. The van der Waals surface area contributed by atoms with Gasteiger partial charge in [0.15, 0.2) is 0 Å². The summed E-state index contributed by atoms with van der Waals surface area (Å²) in [5.74, 6) is 0.379. The number of nitrogens with one attached hydrogen (secondary N) is 1. The summed E-state index contributed by atoms with van der Waals surface area (Å²) < 4.78 is 5.49. The highest BCUT2D eigenvalue weighted by Crippen LogP contribution is 2.31. The third kappa shape index (κ3) is 5.24. The number of rotatable bonds is 8. The molecular formula is C24H28N2O3. The highest BCUT2D eigenvalue weighted by Gasteiger charge is 2.35. The van der Waals surface area contributed by atoms with Crippen LogP contribution in [0.3, 0.4) is 0 Å². The van der Waals surface area contributed by atoms with Gasteiger partial charge in [0.25, 0.3) is 5.91 Å². The van der Waals surface area contributed by atoms with Crippen molar-refractivity contribution in [2.45, 2.75) is 37.8 Å². The number of carbonyl (C=O) groups is 2. The van der Waals surface area contributed by atoms with Crippen molar-refractivity contribution in [2.75, 3.05) is 19.8 Å². The summed E-state index contributed by atoms with van der Waals surface area (Å²) in [4.78, 5) is 28.0. The highest BCUT2D eigenvalue weighted by atomic mass is 16.5. The van der Waals surface area contributed by atoms with Crippen molar-refractivity contribution in [3.05, 3.63) is 71.8 Å². The van der Waals surface area contributed by atoms with Gasteiger partial charge in [-0.05, 0) is 37.0 Å². The molecule has 1 heterocycles. The lowest BCUT2D eigenvalue weighted by molar-refractivity contribution is -0.133. The Morgan fingerprint density at radius 3 is 2.31 bits per heavy atom. The molecule has 2 fully saturated rings. The minimum Gasteiger partial charge on any atom is -0.381 e. The Kier molecular flexibility index (Phi) is 6.25. The van der Waals surface area contributed by atoms with Gasteiger partial charge >= 0.3 is 0 Å². The van der Waals surface area contributed by atoms with E-state index in [4.69, 9.17) is 4.74 Å². The largest absolute Gasteiger partial charge is 0.381 e. The molecule has 5 heteroatoms. The zero-order chi connectivity index (χ0) is 20.1. The number of carbonyl (C=O) groups excluding carboxylic acids is 2. The van der Waals surface area contributed by atoms with E-state index in [0.717, 1.165) is 44.6 Å². The summed E-state index contributed by atoms with van der Waals surface area (Å²) in [5, 5.41) is 3.08. The zero-order valence-electron chi connectivity index (χ0n) is 16.6. The Morgan fingerprint density at radius 2 is 1.69 bits per heavy atom. The Morgan fingerprint density at radius 1 is 1.00 bits per heavy atom. The normalized spacial score (nSPS) is 19.5. The van der Waals surface area contributed by atoms with E-state index in [-0.39, 0.29) is 24.3 Å². The lowest BCUT2D eigenvalue weighted by Gasteiger charge is -2.28. The lowest BCUT2D eigenvalue weighted by Crippen LogP contribution is -2.40. The van der Waals surface area contributed by atoms with Crippen molar-refractivity contribution in [3.63, 3.8) is 0 Å². The third-order valence-corrected chi connectivity index (χ3v) is 5.71. The molecule has 2 atom stereocenters. The first-order valence-corrected chi connectivity index (χ1v) is 10.5. The number of nitrogens with zero attached hydrogens (tertiary/aromatic N) is 1. The van der Waals surface area contributed by atoms with Crippen LogP contribution in [0.4, 0.5) is 0 Å². The second kappa shape index (κ2) is 9.23. The lowest BCUT2D eigenvalue weighted by atomic mass is 10.0. The summed E-state index contributed by atoms with van der Waals surface area (Å²) in [7, 11) is 0. The number of benzene rings is 2. The van der Waals surface area contributed by atoms with E-state index < -0.39 is 0 Å². The van der Waals surface area contributed by atoms with Gasteiger partial charge in [0, 0.05) is 30.7 Å². The second-order valence-electron chi connectivity index (χ2n) is 8.01. The van der Waals surface area contributed by atoms with Gasteiger partial charge in [0.05, 0.1) is 19.1 Å². The van der Waals surface area contributed by atoms with Gasteiger partial charge in [-0.25, -0.2) is 0 Å². The van der Waals surface area contributed by atoms with Crippen LogP contribution in [-0.4, -0.2) is 42.5 Å². The van der Waals surface area contributed by atoms with E-state index in [1.165, 1.54) is 0 Å². The molecule has 1 N–H and O–H groups in total. The van der Waals surface area contributed by atoms with Gasteiger partial charge in [0.2, 0.25) is 5.91 Å². The average Bonchev–Trinajstić information content (AvgIpc) is 3.47. The number of ether oxygens (including phenoxy) is 1. The van der Waals surface area contributed by atoms with Crippen LogP contribution in [0.2, 0.25) is 0 Å². The van der Waals surface area contributed by atoms with Crippen molar-refractivity contribution in [1.29, 1.82) is 0 Å². The molecule has 29 heavy (non-hydrogen) atoms. The number of amides is 2. The summed E-state index contributed by atoms with van der Waals surface area (Å²) in [6.07, 6.45) is 3.44. The number of hydrogen-bond acceptors (Lipinski definition) is 3. The first-order chi connectivity index (χ1) is 14.2. The molecule has 2 aromatic rings. The highest BCUT2D eigenvalue weighted by molar-refractivity contribution is 5.94. The monoisotopic (exact) mass is 392 g/mol. The summed E-state index contributed by atoms with van der Waals surface area (Å²) in [6, 6.07) is 18.9. The second-order valence-corrected chi connectivity index (χ2v) is 8.01. The third-order valence-electron chi connectivity index (χ3n) is 5.71. The molecule has 0 bridgehead atoms. The quantitative estimate of drug-likeness (QED) is 0.747. The van der Waals surface area contributed by atoms with Crippen LogP contribution in [0.15, 0.2) is 60.7 Å². The molecule has 0 aromatic heterocycles. The van der Waals surface area contributed by atoms with Gasteiger partial charge in [-0.2, -0.15) is 0 Å². The Labute approximate surface area is 172 Å². The van der Waals surface area contributed by atoms with E-state index in [2.05, 4.69) is 5.32 Å². The first kappa shape index (κ1) is 19.6. The molecule has 5 nitrogen and oxygen atoms in total. The maximum Gasteiger partial charge on any atom is 0.251 e. The van der Waals surface area contributed by atoms with Crippen LogP contribution in [0.5, 0.6) is 0 Å². The molecule has 2 amide bonds. The van der Waals surface area contributed by atoms with Gasteiger partial charge in [0.1, 0.15) is 0 Å². The predicted molar refractivity (Wildman–Crippen MR) is 111 cm³/mol. The molecule has 2 aromatic carbocycles. The topological polar surface area (TPSA) is 58.6 Å². The molecule has 0 spiro atoms. The minimum atomic E-state index is -0.350. The number of hydrogen-bond donors (Lipinski definition) is 1. The predicted octanol–water partition coefficient (Wildman–Crippen LogP) is 3.58. The van der Waals surface area contributed by atoms with Crippen LogP contribution in [0.1, 0.15) is 47.6 Å². The molecular weight excluding hydrogens is 364 g/mol. The maximum atomic E-state index is 13.2. The molecule has 0 unspecified atom stereocenters. The molecule has 4 rings (SSSR count). The van der Waals surface area contributed by atoms with Gasteiger partial charge in [-0.3, -0.25) is 9.59 Å². The Bertz CT molecular complexity index is 815. The smallest absolute Gasteiger partial charge is 0.251 e. The van der Waals surface area contributed by atoms with E-state index in [0.29, 0.717) is 17.5 Å². The fraction of sp³-hybridized carbons (Fsp3) is 0.417. The fourth-order valence-electron chi connectivity index (χ4n) is 3.91. The molecule has 1 aliphatic carbocycles. The van der Waals surface area contributed by atoms with Gasteiger partial charge < -0.3 is 15.0 Å². The van der Waals surface area contributed by atoms with Crippen LogP contribution in [0, 0.1) is 5.92 Å². The Hall–Kier alpha value is -2.66. The zero-order valence-corrected chi connectivity index (χ0v) is 16.6. The van der Waals surface area contributed by atoms with E-state index in [9.17, 15) is 9.59 Å². The van der Waals surface area contributed by atoms with Crippen LogP contribution in [-0.2, 0) is 9.53 Å². The molecule has 0 radical (unpaired) electrons. The summed E-state index contributed by atoms with van der Waals surface area (Å²) in [6.45, 7) is 2.29. The molecule has 152 valence electrons. The fourth-order valence-corrected chi connectivity index (χ4v) is 3.91. The van der Waals surface area contributed by atoms with E-state index >= 15 is 0 Å². The SMILES string of the molecule is O=C(N[C@@H](CC(=O)N(C[C@@H]1CCOC1)C1CC1)c1ccccc1)c1ccccc1. The van der Waals surface area contributed by atoms with Crippen LogP contribution >= 0.6 is 0 Å². The maximum absolute atomic E-state index is 13.2. The van der Waals surface area contributed by atoms with Crippen molar-refractivity contribution >= 4 is 11.8 Å². The standard InChI is InChI=1S/C24H28N2O3/c27-23(26(21-11-12-21)16-18-13-14-29-17-18)15-22(19-7-3-1-4-8-19)25-24(28)20-9-5-2-6-10-20/h1-10,18,21-22H,11-17H2,(H,25,28)/t18-,22-/m0/s1. The van der Waals surface area contributed by atoms with Gasteiger partial charge in [-0.15, -0.1) is 0 Å². The molecule has 1 saturated heterocycles. The molecule has 2 aliphatic rings. The van der Waals surface area contributed by atoms with Gasteiger partial charge in [-0.1, -0.05) is 48.5 Å². The summed E-state index contributed by atoms with van der Waals surface area (Å²) >= 11 is 0. The molecule has 1 aliphatic heterocycles. The van der Waals surface area contributed by atoms with E-state index in [1.807, 2.05) is 53.4 Å². The molecule has 1 saturated carbocycles. The first-order valence-electron chi connectivity index (χ1n) is 10.5. The van der Waals surface area contributed by atoms with Crippen LogP contribution < -0.4 is 5.32 Å².